The Bertz CT molecular complexity index is 1580. The van der Waals surface area contributed by atoms with Gasteiger partial charge in [0.2, 0.25) is 0 Å². The van der Waals surface area contributed by atoms with Crippen LogP contribution in [0.3, 0.4) is 0 Å². The molecular weight excluding hydrogens is 450 g/mol. The first-order valence-corrected chi connectivity index (χ1v) is 11.3. The number of ether oxygens (including phenoxy) is 2. The van der Waals surface area contributed by atoms with E-state index in [2.05, 4.69) is 4.74 Å². The van der Waals surface area contributed by atoms with Crippen LogP contribution in [0, 0.1) is 0 Å². The monoisotopic (exact) mass is 469 g/mol. The number of esters is 2. The van der Waals surface area contributed by atoms with Crippen LogP contribution in [-0.2, 0) is 14.3 Å². The van der Waals surface area contributed by atoms with E-state index in [1.165, 1.54) is 20.3 Å². The molecule has 0 spiro atoms. The van der Waals surface area contributed by atoms with Gasteiger partial charge < -0.3 is 13.9 Å². The van der Waals surface area contributed by atoms with Crippen molar-refractivity contribution in [2.24, 2.45) is 0 Å². The SMILES string of the molecule is COC(=O)/C=C/c1cccc(-c2nc(-c3ccc4oc5c(C(=O)OC)cccc5c4c3)cs2)c1. The van der Waals surface area contributed by atoms with Crippen LogP contribution in [0.2, 0.25) is 0 Å². The van der Waals surface area contributed by atoms with Crippen molar-refractivity contribution in [2.75, 3.05) is 14.2 Å². The predicted octanol–water partition coefficient (Wildman–Crippen LogP) is 6.35. The van der Waals surface area contributed by atoms with Gasteiger partial charge in [0.1, 0.15) is 21.7 Å². The molecule has 6 nitrogen and oxygen atoms in total. The molecule has 5 rings (SSSR count). The van der Waals surface area contributed by atoms with E-state index in [4.69, 9.17) is 14.1 Å². The molecule has 3 aromatic carbocycles. The Hall–Kier alpha value is -4.23. The van der Waals surface area contributed by atoms with E-state index in [1.54, 1.807) is 23.5 Å². The molecule has 34 heavy (non-hydrogen) atoms. The predicted molar refractivity (Wildman–Crippen MR) is 133 cm³/mol. The highest BCUT2D eigenvalue weighted by molar-refractivity contribution is 7.13. The third-order valence-corrected chi connectivity index (χ3v) is 6.34. The minimum absolute atomic E-state index is 0.398. The Kier molecular flexibility index (Phi) is 5.69. The second-order valence-electron chi connectivity index (χ2n) is 7.51. The Morgan fingerprint density at radius 2 is 1.79 bits per heavy atom. The summed E-state index contributed by atoms with van der Waals surface area (Å²) in [7, 11) is 2.70. The molecular formula is C27H19NO5S. The molecule has 168 valence electrons. The summed E-state index contributed by atoms with van der Waals surface area (Å²) in [5, 5.41) is 4.63. The van der Waals surface area contributed by atoms with Gasteiger partial charge in [-0.3, -0.25) is 0 Å². The molecule has 0 saturated heterocycles. The number of para-hydroxylation sites is 1. The summed E-state index contributed by atoms with van der Waals surface area (Å²) in [6.07, 6.45) is 3.10. The molecule has 0 N–H and O–H groups in total. The molecule has 0 aliphatic rings. The van der Waals surface area contributed by atoms with Gasteiger partial charge in [-0.2, -0.15) is 0 Å². The largest absolute Gasteiger partial charge is 0.466 e. The third kappa shape index (κ3) is 3.97. The van der Waals surface area contributed by atoms with E-state index in [9.17, 15) is 9.59 Å². The zero-order valence-corrected chi connectivity index (χ0v) is 19.2. The molecule has 0 unspecified atom stereocenters. The van der Waals surface area contributed by atoms with Gasteiger partial charge >= 0.3 is 11.9 Å². The Morgan fingerprint density at radius 1 is 0.941 bits per heavy atom. The third-order valence-electron chi connectivity index (χ3n) is 5.45. The second kappa shape index (κ2) is 8.96. The van der Waals surface area contributed by atoms with Crippen molar-refractivity contribution in [1.82, 2.24) is 4.98 Å². The second-order valence-corrected chi connectivity index (χ2v) is 8.36. The van der Waals surface area contributed by atoms with Gasteiger partial charge in [-0.25, -0.2) is 14.6 Å². The minimum atomic E-state index is -0.433. The van der Waals surface area contributed by atoms with Crippen molar-refractivity contribution in [1.29, 1.82) is 0 Å². The van der Waals surface area contributed by atoms with Gasteiger partial charge in [0, 0.05) is 33.4 Å². The topological polar surface area (TPSA) is 78.6 Å². The average Bonchev–Trinajstić information content (AvgIpc) is 3.51. The van der Waals surface area contributed by atoms with E-state index in [0.29, 0.717) is 16.7 Å². The summed E-state index contributed by atoms with van der Waals surface area (Å²) >= 11 is 1.54. The van der Waals surface area contributed by atoms with Crippen LogP contribution in [0.25, 0.3) is 49.8 Å². The number of rotatable bonds is 5. The number of nitrogens with zero attached hydrogens (tertiary/aromatic N) is 1. The molecule has 7 heteroatoms. The fraction of sp³-hybridized carbons (Fsp3) is 0.0741. The number of benzene rings is 3. The number of methoxy groups -OCH3 is 2. The number of thiazole rings is 1. The normalized spacial score (nSPS) is 11.4. The molecule has 2 aromatic heterocycles. The number of carbonyl (C=O) groups excluding carboxylic acids is 2. The standard InChI is InChI=1S/C27H19NO5S/c1-31-24(29)12-9-16-5-3-6-18(13-16)26-28-22(15-34-26)17-10-11-23-21(14-17)19-7-4-8-20(25(19)33-23)27(30)32-2/h3-15H,1-2H3/b12-9+. The van der Waals surface area contributed by atoms with Gasteiger partial charge in [-0.05, 0) is 42.0 Å². The Morgan fingerprint density at radius 3 is 2.62 bits per heavy atom. The van der Waals surface area contributed by atoms with Gasteiger partial charge in [-0.15, -0.1) is 11.3 Å². The van der Waals surface area contributed by atoms with E-state index >= 15 is 0 Å². The van der Waals surface area contributed by atoms with Crippen LogP contribution in [0.1, 0.15) is 15.9 Å². The van der Waals surface area contributed by atoms with Crippen LogP contribution in [0.15, 0.2) is 76.5 Å². The van der Waals surface area contributed by atoms with Crippen LogP contribution < -0.4 is 0 Å². The van der Waals surface area contributed by atoms with Crippen LogP contribution in [-0.4, -0.2) is 31.1 Å². The number of hydrogen-bond acceptors (Lipinski definition) is 7. The van der Waals surface area contributed by atoms with E-state index < -0.39 is 11.9 Å². The summed E-state index contributed by atoms with van der Waals surface area (Å²) < 4.78 is 15.5. The highest BCUT2D eigenvalue weighted by Crippen LogP contribution is 2.35. The maximum absolute atomic E-state index is 12.1. The number of fused-ring (bicyclic) bond motifs is 3. The van der Waals surface area contributed by atoms with Gasteiger partial charge in [0.15, 0.2) is 0 Å². The molecule has 0 aliphatic heterocycles. The highest BCUT2D eigenvalue weighted by Gasteiger charge is 2.17. The maximum Gasteiger partial charge on any atom is 0.341 e. The summed E-state index contributed by atoms with van der Waals surface area (Å²) in [6, 6.07) is 19.1. The first-order chi connectivity index (χ1) is 16.6. The fourth-order valence-corrected chi connectivity index (χ4v) is 4.60. The smallest absolute Gasteiger partial charge is 0.341 e. The van der Waals surface area contributed by atoms with E-state index in [1.807, 2.05) is 60.0 Å². The molecule has 5 aromatic rings. The maximum atomic E-state index is 12.1. The number of hydrogen-bond donors (Lipinski definition) is 0. The fourth-order valence-electron chi connectivity index (χ4n) is 3.78. The molecule has 0 amide bonds. The minimum Gasteiger partial charge on any atom is -0.466 e. The molecule has 0 saturated carbocycles. The first kappa shape index (κ1) is 21.6. The molecule has 0 atom stereocenters. The van der Waals surface area contributed by atoms with Gasteiger partial charge in [-0.1, -0.05) is 30.3 Å². The lowest BCUT2D eigenvalue weighted by molar-refractivity contribution is -0.134. The lowest BCUT2D eigenvalue weighted by Crippen LogP contribution is -2.00. The summed E-state index contributed by atoms with van der Waals surface area (Å²) in [4.78, 5) is 28.3. The number of aromatic nitrogens is 1. The Balaban J connectivity index is 1.51. The van der Waals surface area contributed by atoms with Crippen LogP contribution in [0.4, 0.5) is 0 Å². The zero-order valence-electron chi connectivity index (χ0n) is 18.4. The van der Waals surface area contributed by atoms with Crippen LogP contribution in [0.5, 0.6) is 0 Å². The van der Waals surface area contributed by atoms with Crippen LogP contribution >= 0.6 is 11.3 Å². The quantitative estimate of drug-likeness (QED) is 0.220. The van der Waals surface area contributed by atoms with Gasteiger partial charge in [0.25, 0.3) is 0 Å². The molecule has 0 bridgehead atoms. The van der Waals surface area contributed by atoms with Crippen molar-refractivity contribution in [3.63, 3.8) is 0 Å². The van der Waals surface area contributed by atoms with Crippen molar-refractivity contribution in [3.05, 3.63) is 83.2 Å². The van der Waals surface area contributed by atoms with Gasteiger partial charge in [0.05, 0.1) is 19.9 Å². The summed E-state index contributed by atoms with van der Waals surface area (Å²) in [5.74, 6) is -0.833. The molecule has 2 heterocycles. The van der Waals surface area contributed by atoms with Crippen molar-refractivity contribution in [2.45, 2.75) is 0 Å². The number of furan rings is 1. The molecule has 0 radical (unpaired) electrons. The summed E-state index contributed by atoms with van der Waals surface area (Å²) in [6.45, 7) is 0. The number of carbonyl (C=O) groups is 2. The summed E-state index contributed by atoms with van der Waals surface area (Å²) in [5.41, 5.74) is 5.23. The zero-order chi connectivity index (χ0) is 23.7. The Labute approximate surface area is 199 Å². The van der Waals surface area contributed by atoms with Crippen molar-refractivity contribution >= 4 is 51.3 Å². The van der Waals surface area contributed by atoms with Crippen molar-refractivity contribution in [3.8, 4) is 21.8 Å². The molecule has 0 aliphatic carbocycles. The highest BCUT2D eigenvalue weighted by atomic mass is 32.1. The lowest BCUT2D eigenvalue weighted by Gasteiger charge is -2.00. The average molecular weight is 470 g/mol. The first-order valence-electron chi connectivity index (χ1n) is 10.4. The van der Waals surface area contributed by atoms with E-state index in [-0.39, 0.29) is 0 Å². The molecule has 0 fully saturated rings. The lowest BCUT2D eigenvalue weighted by atomic mass is 10.1. The van der Waals surface area contributed by atoms with Crippen molar-refractivity contribution < 1.29 is 23.5 Å². The van der Waals surface area contributed by atoms with E-state index in [0.717, 1.165) is 38.2 Å².